The molecule has 0 spiro atoms. The molecule has 1 aromatic rings. The summed E-state index contributed by atoms with van der Waals surface area (Å²) in [5.41, 5.74) is 1.82. The molecular formula is C12H17NO. The molecule has 0 fully saturated rings. The number of nitrogens with zero attached hydrogens (tertiary/aromatic N) is 1. The first-order valence-electron chi connectivity index (χ1n) is 4.95. The summed E-state index contributed by atoms with van der Waals surface area (Å²) >= 11 is 0. The number of pyridine rings is 1. The average Bonchev–Trinajstić information content (AvgIpc) is 2.15. The molecule has 2 heteroatoms. The third-order valence-corrected chi connectivity index (χ3v) is 2.23. The lowest BCUT2D eigenvalue weighted by atomic mass is 9.87. The monoisotopic (exact) mass is 191 g/mol. The fourth-order valence-corrected chi connectivity index (χ4v) is 1.23. The maximum atomic E-state index is 11.4. The van der Waals surface area contributed by atoms with Gasteiger partial charge >= 0.3 is 0 Å². The highest BCUT2D eigenvalue weighted by molar-refractivity contribution is 5.94. The van der Waals surface area contributed by atoms with Crippen LogP contribution in [0.5, 0.6) is 0 Å². The van der Waals surface area contributed by atoms with E-state index in [1.807, 2.05) is 19.1 Å². The van der Waals surface area contributed by atoms with Crippen molar-refractivity contribution in [3.63, 3.8) is 0 Å². The number of ketones is 1. The number of Topliss-reactive ketones (excluding diaryl/α,β-unsaturated/α-hetero) is 1. The number of hydrogen-bond donors (Lipinski definition) is 0. The average molecular weight is 191 g/mol. The first-order chi connectivity index (χ1) is 6.45. The number of carbonyl (C=O) groups is 1. The maximum Gasteiger partial charge on any atom is 0.180 e. The number of hydrogen-bond acceptors (Lipinski definition) is 2. The van der Waals surface area contributed by atoms with Crippen LogP contribution in [0.1, 0.15) is 50.2 Å². The molecule has 0 aliphatic carbocycles. The van der Waals surface area contributed by atoms with Crippen LogP contribution in [0.15, 0.2) is 18.3 Å². The molecule has 0 aliphatic rings. The minimum atomic E-state index is 0.0751. The zero-order valence-electron chi connectivity index (χ0n) is 9.29. The quantitative estimate of drug-likeness (QED) is 0.673. The van der Waals surface area contributed by atoms with Crippen LogP contribution in [-0.4, -0.2) is 10.8 Å². The van der Waals surface area contributed by atoms with Crippen molar-refractivity contribution in [1.82, 2.24) is 4.98 Å². The van der Waals surface area contributed by atoms with Gasteiger partial charge in [0.2, 0.25) is 0 Å². The summed E-state index contributed by atoms with van der Waals surface area (Å²) in [4.78, 5) is 15.5. The van der Waals surface area contributed by atoms with Crippen LogP contribution in [0.25, 0.3) is 0 Å². The van der Waals surface area contributed by atoms with Gasteiger partial charge in [-0.25, -0.2) is 0 Å². The second-order valence-corrected chi connectivity index (χ2v) is 4.46. The molecule has 0 saturated carbocycles. The van der Waals surface area contributed by atoms with Gasteiger partial charge in [0.15, 0.2) is 5.78 Å². The Morgan fingerprint density at radius 2 is 2.07 bits per heavy atom. The van der Waals surface area contributed by atoms with Crippen LogP contribution in [0.2, 0.25) is 0 Å². The smallest absolute Gasteiger partial charge is 0.180 e. The van der Waals surface area contributed by atoms with E-state index < -0.39 is 0 Å². The van der Waals surface area contributed by atoms with Crippen molar-refractivity contribution >= 4 is 5.78 Å². The Morgan fingerprint density at radius 1 is 1.43 bits per heavy atom. The highest BCUT2D eigenvalue weighted by Gasteiger charge is 2.15. The van der Waals surface area contributed by atoms with E-state index in [0.717, 1.165) is 5.56 Å². The van der Waals surface area contributed by atoms with E-state index in [1.165, 1.54) is 0 Å². The first kappa shape index (κ1) is 10.9. The predicted octanol–water partition coefficient (Wildman–Crippen LogP) is 2.97. The summed E-state index contributed by atoms with van der Waals surface area (Å²) in [6.45, 7) is 8.24. The molecule has 1 heterocycles. The molecule has 76 valence electrons. The van der Waals surface area contributed by atoms with Crippen LogP contribution >= 0.6 is 0 Å². The molecule has 1 aromatic heterocycles. The van der Waals surface area contributed by atoms with Gasteiger partial charge in [-0.05, 0) is 23.1 Å². The Morgan fingerprint density at radius 3 is 2.57 bits per heavy atom. The summed E-state index contributed by atoms with van der Waals surface area (Å²) in [6, 6.07) is 3.86. The van der Waals surface area contributed by atoms with Crippen molar-refractivity contribution in [3.05, 3.63) is 29.6 Å². The van der Waals surface area contributed by atoms with Crippen molar-refractivity contribution in [1.29, 1.82) is 0 Å². The summed E-state index contributed by atoms with van der Waals surface area (Å²) in [5.74, 6) is 0.108. The van der Waals surface area contributed by atoms with Gasteiger partial charge in [0, 0.05) is 12.6 Å². The topological polar surface area (TPSA) is 30.0 Å². The van der Waals surface area contributed by atoms with Gasteiger partial charge in [0.25, 0.3) is 0 Å². The third kappa shape index (κ3) is 2.41. The molecule has 0 aliphatic heterocycles. The molecule has 0 bridgehead atoms. The van der Waals surface area contributed by atoms with E-state index in [0.29, 0.717) is 12.1 Å². The molecule has 14 heavy (non-hydrogen) atoms. The molecule has 0 amide bonds. The van der Waals surface area contributed by atoms with E-state index >= 15 is 0 Å². The highest BCUT2D eigenvalue weighted by atomic mass is 16.1. The second-order valence-electron chi connectivity index (χ2n) is 4.46. The lowest BCUT2D eigenvalue weighted by Crippen LogP contribution is -2.13. The zero-order valence-corrected chi connectivity index (χ0v) is 9.29. The minimum absolute atomic E-state index is 0.0751. The molecule has 1 rings (SSSR count). The van der Waals surface area contributed by atoms with E-state index in [4.69, 9.17) is 0 Å². The number of aromatic nitrogens is 1. The number of carbonyl (C=O) groups excluding carboxylic acids is 1. The Bertz CT molecular complexity index is 336. The third-order valence-electron chi connectivity index (χ3n) is 2.23. The van der Waals surface area contributed by atoms with Crippen molar-refractivity contribution in [3.8, 4) is 0 Å². The van der Waals surface area contributed by atoms with Crippen molar-refractivity contribution in [2.24, 2.45) is 0 Å². The SMILES string of the molecule is CCC(=O)c1cc(C(C)(C)C)ccn1. The Hall–Kier alpha value is -1.18. The van der Waals surface area contributed by atoms with Crippen molar-refractivity contribution in [2.45, 2.75) is 39.5 Å². The molecule has 0 atom stereocenters. The van der Waals surface area contributed by atoms with Crippen LogP contribution in [-0.2, 0) is 5.41 Å². The fraction of sp³-hybridized carbons (Fsp3) is 0.500. The summed E-state index contributed by atoms with van der Waals surface area (Å²) in [6.07, 6.45) is 2.23. The van der Waals surface area contributed by atoms with Gasteiger partial charge in [0.1, 0.15) is 5.69 Å². The first-order valence-corrected chi connectivity index (χ1v) is 4.95. The molecule has 2 nitrogen and oxygen atoms in total. The van der Waals surface area contributed by atoms with Crippen LogP contribution in [0, 0.1) is 0 Å². The van der Waals surface area contributed by atoms with Crippen LogP contribution in [0.3, 0.4) is 0 Å². The summed E-state index contributed by atoms with van der Waals surface area (Å²) in [7, 11) is 0. The Kier molecular flexibility index (Phi) is 3.04. The van der Waals surface area contributed by atoms with Gasteiger partial charge in [-0.1, -0.05) is 27.7 Å². The molecule has 0 radical (unpaired) electrons. The molecule has 0 aromatic carbocycles. The lowest BCUT2D eigenvalue weighted by Gasteiger charge is -2.18. The van der Waals surface area contributed by atoms with Crippen LogP contribution in [0.4, 0.5) is 0 Å². The van der Waals surface area contributed by atoms with Crippen LogP contribution < -0.4 is 0 Å². The van der Waals surface area contributed by atoms with Gasteiger partial charge in [-0.15, -0.1) is 0 Å². The molecule has 0 unspecified atom stereocenters. The summed E-state index contributed by atoms with van der Waals surface area (Å²) in [5, 5.41) is 0. The largest absolute Gasteiger partial charge is 0.292 e. The fourth-order valence-electron chi connectivity index (χ4n) is 1.23. The van der Waals surface area contributed by atoms with Gasteiger partial charge < -0.3 is 0 Å². The van der Waals surface area contributed by atoms with E-state index in [9.17, 15) is 4.79 Å². The predicted molar refractivity (Wildman–Crippen MR) is 57.6 cm³/mol. The van der Waals surface area contributed by atoms with E-state index in [-0.39, 0.29) is 11.2 Å². The highest BCUT2D eigenvalue weighted by Crippen LogP contribution is 2.22. The van der Waals surface area contributed by atoms with Gasteiger partial charge in [0.05, 0.1) is 0 Å². The van der Waals surface area contributed by atoms with Crippen molar-refractivity contribution < 1.29 is 4.79 Å². The molecule has 0 N–H and O–H groups in total. The Labute approximate surface area is 85.4 Å². The van der Waals surface area contributed by atoms with Gasteiger partial charge in [-0.2, -0.15) is 0 Å². The normalized spacial score (nSPS) is 11.4. The molecular weight excluding hydrogens is 174 g/mol. The lowest BCUT2D eigenvalue weighted by molar-refractivity contribution is 0.0983. The minimum Gasteiger partial charge on any atom is -0.292 e. The zero-order chi connectivity index (χ0) is 10.8. The maximum absolute atomic E-state index is 11.4. The standard InChI is InChI=1S/C12H17NO/c1-5-11(14)10-8-9(6-7-13-10)12(2,3)4/h6-8H,5H2,1-4H3. The Balaban J connectivity index is 3.08. The molecule has 0 saturated heterocycles. The van der Waals surface area contributed by atoms with Gasteiger partial charge in [-0.3, -0.25) is 9.78 Å². The second kappa shape index (κ2) is 3.91. The number of rotatable bonds is 2. The van der Waals surface area contributed by atoms with E-state index in [1.54, 1.807) is 6.20 Å². The summed E-state index contributed by atoms with van der Waals surface area (Å²) < 4.78 is 0. The van der Waals surface area contributed by atoms with Crippen molar-refractivity contribution in [2.75, 3.05) is 0 Å². The van der Waals surface area contributed by atoms with E-state index in [2.05, 4.69) is 25.8 Å².